The fourth-order valence-electron chi connectivity index (χ4n) is 1.90. The topological polar surface area (TPSA) is 36.1 Å². The summed E-state index contributed by atoms with van der Waals surface area (Å²) in [4.78, 5) is 0. The predicted molar refractivity (Wildman–Crippen MR) is 90.8 cm³/mol. The summed E-state index contributed by atoms with van der Waals surface area (Å²) < 4.78 is 44.5. The fraction of sp³-hybridized carbons (Fsp3) is 0.250. The van der Waals surface area contributed by atoms with E-state index in [4.69, 9.17) is 0 Å². The molecule has 0 bridgehead atoms. The molecular formula is C16H18F3N3S. The molecule has 124 valence electrons. The molecule has 0 fully saturated rings. The number of aryl methyl sites for hydroxylation is 1. The smallest absolute Gasteiger partial charge is 0.184 e. The number of nitrogens with one attached hydrogen (secondary N) is 3. The Morgan fingerprint density at radius 1 is 1.00 bits per heavy atom. The summed E-state index contributed by atoms with van der Waals surface area (Å²) in [5.41, 5.74) is 1.06. The Bertz CT molecular complexity index is 680. The van der Waals surface area contributed by atoms with E-state index in [1.165, 1.54) is 30.1 Å². The Labute approximate surface area is 137 Å². The quantitative estimate of drug-likeness (QED) is 0.514. The number of halogens is 3. The number of hydrogen-bond donors (Lipinski definition) is 3. The lowest BCUT2D eigenvalue weighted by molar-refractivity contribution is 0.512. The second-order valence-corrected chi connectivity index (χ2v) is 5.85. The fourth-order valence-corrected chi connectivity index (χ4v) is 2.63. The van der Waals surface area contributed by atoms with Gasteiger partial charge in [-0.2, -0.15) is 0 Å². The van der Waals surface area contributed by atoms with Crippen LogP contribution in [-0.4, -0.2) is 19.3 Å². The molecule has 0 atom stereocenters. The van der Waals surface area contributed by atoms with Crippen molar-refractivity contribution in [1.29, 1.82) is 0 Å². The maximum atomic E-state index is 14.1. The lowest BCUT2D eigenvalue weighted by atomic mass is 10.2. The van der Waals surface area contributed by atoms with Gasteiger partial charge >= 0.3 is 0 Å². The zero-order chi connectivity index (χ0) is 16.8. The van der Waals surface area contributed by atoms with Gasteiger partial charge in [0.15, 0.2) is 11.6 Å². The van der Waals surface area contributed by atoms with E-state index in [1.54, 1.807) is 13.0 Å². The number of anilines is 3. The molecule has 3 N–H and O–H groups in total. The summed E-state index contributed by atoms with van der Waals surface area (Å²) in [5.74, 6) is -1.84. The van der Waals surface area contributed by atoms with Crippen LogP contribution in [0.5, 0.6) is 0 Å². The largest absolute Gasteiger partial charge is 0.349 e. The van der Waals surface area contributed by atoms with Crippen molar-refractivity contribution in [2.24, 2.45) is 0 Å². The molecule has 0 aliphatic carbocycles. The third-order valence-electron chi connectivity index (χ3n) is 3.12. The monoisotopic (exact) mass is 341 g/mol. The van der Waals surface area contributed by atoms with Gasteiger partial charge in [0.1, 0.15) is 11.5 Å². The van der Waals surface area contributed by atoms with Gasteiger partial charge in [-0.15, -0.1) is 0 Å². The van der Waals surface area contributed by atoms with Crippen LogP contribution in [0.4, 0.5) is 30.2 Å². The molecule has 0 aliphatic rings. The van der Waals surface area contributed by atoms with E-state index < -0.39 is 17.5 Å². The Hall–Kier alpha value is -1.86. The molecule has 0 aliphatic heterocycles. The highest BCUT2D eigenvalue weighted by atomic mass is 32.2. The van der Waals surface area contributed by atoms with Crippen LogP contribution < -0.4 is 15.4 Å². The van der Waals surface area contributed by atoms with Gasteiger partial charge in [0, 0.05) is 12.3 Å². The normalized spacial score (nSPS) is 10.7. The first-order valence-electron chi connectivity index (χ1n) is 7.06. The lowest BCUT2D eigenvalue weighted by Gasteiger charge is -2.15. The van der Waals surface area contributed by atoms with Gasteiger partial charge in [-0.05, 0) is 43.8 Å². The minimum Gasteiger partial charge on any atom is -0.349 e. The highest BCUT2D eigenvalue weighted by molar-refractivity contribution is 8.00. The molecule has 0 heterocycles. The minimum atomic E-state index is -1.05. The summed E-state index contributed by atoms with van der Waals surface area (Å²) in [6.07, 6.45) is 0. The van der Waals surface area contributed by atoms with Gasteiger partial charge in [0.25, 0.3) is 0 Å². The molecule has 3 nitrogen and oxygen atoms in total. The minimum absolute atomic E-state index is 0.0865. The van der Waals surface area contributed by atoms with Crippen molar-refractivity contribution in [3.8, 4) is 0 Å². The van der Waals surface area contributed by atoms with E-state index in [1.807, 2.05) is 7.05 Å². The molecule has 23 heavy (non-hydrogen) atoms. The van der Waals surface area contributed by atoms with Gasteiger partial charge in [-0.25, -0.2) is 13.2 Å². The van der Waals surface area contributed by atoms with Crippen molar-refractivity contribution in [2.45, 2.75) is 6.92 Å². The molecule has 0 saturated heterocycles. The molecule has 0 spiro atoms. The summed E-state index contributed by atoms with van der Waals surface area (Å²) in [6, 6.07) is 6.96. The van der Waals surface area contributed by atoms with Crippen molar-refractivity contribution in [2.75, 3.05) is 29.4 Å². The van der Waals surface area contributed by atoms with Crippen LogP contribution in [0.3, 0.4) is 0 Å². The number of benzene rings is 2. The van der Waals surface area contributed by atoms with Crippen molar-refractivity contribution < 1.29 is 13.2 Å². The third kappa shape index (κ3) is 4.56. The Morgan fingerprint density at radius 3 is 2.43 bits per heavy atom. The first kappa shape index (κ1) is 17.5. The van der Waals surface area contributed by atoms with Crippen molar-refractivity contribution in [1.82, 2.24) is 5.32 Å². The third-order valence-corrected chi connectivity index (χ3v) is 3.89. The summed E-state index contributed by atoms with van der Waals surface area (Å²) in [6.45, 7) is 2.51. The molecule has 0 amide bonds. The molecule has 2 rings (SSSR count). The van der Waals surface area contributed by atoms with Crippen LogP contribution in [0.25, 0.3) is 0 Å². The lowest BCUT2D eigenvalue weighted by Crippen LogP contribution is -2.11. The average molecular weight is 341 g/mol. The Kier molecular flexibility index (Phi) is 6.18. The van der Waals surface area contributed by atoms with Crippen LogP contribution in [0.2, 0.25) is 0 Å². The zero-order valence-corrected chi connectivity index (χ0v) is 13.7. The van der Waals surface area contributed by atoms with E-state index in [2.05, 4.69) is 15.4 Å². The molecule has 2 aromatic carbocycles. The molecule has 7 heteroatoms. The first-order chi connectivity index (χ1) is 11.0. The SMILES string of the molecule is CNCCSNc1ccc(F)c(F)c1Nc1ccc(C)cc1F. The van der Waals surface area contributed by atoms with Gasteiger partial charge in [-0.3, -0.25) is 0 Å². The second-order valence-electron chi connectivity index (χ2n) is 4.95. The summed E-state index contributed by atoms with van der Waals surface area (Å²) >= 11 is 1.34. The van der Waals surface area contributed by atoms with Crippen molar-refractivity contribution in [3.05, 3.63) is 53.3 Å². The molecule has 2 aromatic rings. The first-order valence-corrected chi connectivity index (χ1v) is 8.05. The van der Waals surface area contributed by atoms with Crippen molar-refractivity contribution >= 4 is 29.0 Å². The predicted octanol–water partition coefficient (Wildman–Crippen LogP) is 4.44. The van der Waals surface area contributed by atoms with E-state index in [0.29, 0.717) is 5.69 Å². The van der Waals surface area contributed by atoms with Crippen LogP contribution in [0, 0.1) is 24.4 Å². The van der Waals surface area contributed by atoms with Crippen LogP contribution in [0.1, 0.15) is 5.56 Å². The van der Waals surface area contributed by atoms with Gasteiger partial charge < -0.3 is 15.4 Å². The van der Waals surface area contributed by atoms with E-state index in [9.17, 15) is 13.2 Å². The highest BCUT2D eigenvalue weighted by Gasteiger charge is 2.15. The Balaban J connectivity index is 2.26. The summed E-state index contributed by atoms with van der Waals surface area (Å²) in [7, 11) is 1.82. The average Bonchev–Trinajstić information content (AvgIpc) is 2.52. The standard InChI is InChI=1S/C16H18F3N3S/c1-10-3-5-13(12(18)9-10)21-16-14(22-23-8-7-20-2)6-4-11(17)15(16)19/h3-6,9,20-22H,7-8H2,1-2H3. The van der Waals surface area contributed by atoms with Crippen LogP contribution in [-0.2, 0) is 0 Å². The van der Waals surface area contributed by atoms with Gasteiger partial charge in [0.2, 0.25) is 0 Å². The zero-order valence-electron chi connectivity index (χ0n) is 12.8. The molecular weight excluding hydrogens is 323 g/mol. The van der Waals surface area contributed by atoms with Crippen LogP contribution in [0.15, 0.2) is 30.3 Å². The molecule has 0 radical (unpaired) electrons. The summed E-state index contributed by atoms with van der Waals surface area (Å²) in [5, 5.41) is 5.62. The molecule has 0 unspecified atom stereocenters. The van der Waals surface area contributed by atoms with E-state index >= 15 is 0 Å². The Morgan fingerprint density at radius 2 is 1.74 bits per heavy atom. The van der Waals surface area contributed by atoms with E-state index in [-0.39, 0.29) is 11.4 Å². The van der Waals surface area contributed by atoms with Gasteiger partial charge in [-0.1, -0.05) is 18.0 Å². The van der Waals surface area contributed by atoms with Crippen molar-refractivity contribution in [3.63, 3.8) is 0 Å². The maximum absolute atomic E-state index is 14.1. The molecule has 0 saturated carbocycles. The van der Waals surface area contributed by atoms with E-state index in [0.717, 1.165) is 23.9 Å². The highest BCUT2D eigenvalue weighted by Crippen LogP contribution is 2.32. The number of hydrogen-bond acceptors (Lipinski definition) is 4. The molecule has 0 aromatic heterocycles. The second kappa shape index (κ2) is 8.12. The van der Waals surface area contributed by atoms with Crippen LogP contribution >= 0.6 is 11.9 Å². The van der Waals surface area contributed by atoms with Gasteiger partial charge in [0.05, 0.1) is 11.4 Å². The number of rotatable bonds is 7. The maximum Gasteiger partial charge on any atom is 0.184 e.